The van der Waals surface area contributed by atoms with E-state index in [4.69, 9.17) is 5.73 Å². The van der Waals surface area contributed by atoms with Crippen LogP contribution in [0, 0.1) is 0 Å². The molecule has 0 amide bonds. The average molecular weight is 221 g/mol. The van der Waals surface area contributed by atoms with Crippen LogP contribution in [0.2, 0.25) is 0 Å². The first-order chi connectivity index (χ1) is 7.83. The monoisotopic (exact) mass is 221 g/mol. The van der Waals surface area contributed by atoms with Gasteiger partial charge in [-0.1, -0.05) is 30.3 Å². The van der Waals surface area contributed by atoms with E-state index in [0.29, 0.717) is 0 Å². The molecule has 0 spiro atoms. The second-order valence-corrected chi connectivity index (χ2v) is 4.12. The van der Waals surface area contributed by atoms with Crippen LogP contribution in [0.4, 0.5) is 0 Å². The smallest absolute Gasteiger partial charge is 0.0231 e. The summed E-state index contributed by atoms with van der Waals surface area (Å²) in [6, 6.07) is 10.6. The van der Waals surface area contributed by atoms with E-state index >= 15 is 0 Å². The topological polar surface area (TPSA) is 41.3 Å². The maximum atomic E-state index is 5.42. The molecular formula is C13H23N3. The molecule has 1 aromatic carbocycles. The Kier molecular flexibility index (Phi) is 6.81. The van der Waals surface area contributed by atoms with Gasteiger partial charge in [0.2, 0.25) is 0 Å². The highest BCUT2D eigenvalue weighted by Gasteiger charge is 1.98. The van der Waals surface area contributed by atoms with Crippen LogP contribution in [-0.4, -0.2) is 38.1 Å². The number of hydrogen-bond donors (Lipinski definition) is 2. The molecule has 0 bridgehead atoms. The van der Waals surface area contributed by atoms with Crippen molar-refractivity contribution in [3.63, 3.8) is 0 Å². The van der Waals surface area contributed by atoms with E-state index in [9.17, 15) is 0 Å². The highest BCUT2D eigenvalue weighted by atomic mass is 15.1. The fourth-order valence-electron chi connectivity index (χ4n) is 1.60. The van der Waals surface area contributed by atoms with Crippen LogP contribution in [0.15, 0.2) is 30.3 Å². The molecule has 0 saturated carbocycles. The Labute approximate surface area is 98.6 Å². The summed E-state index contributed by atoms with van der Waals surface area (Å²) in [6.07, 6.45) is 1.06. The van der Waals surface area contributed by atoms with Crippen molar-refractivity contribution in [3.8, 4) is 0 Å². The van der Waals surface area contributed by atoms with Crippen LogP contribution >= 0.6 is 0 Å². The Hall–Kier alpha value is -0.900. The van der Waals surface area contributed by atoms with Crippen LogP contribution in [0.1, 0.15) is 12.0 Å². The Morgan fingerprint density at radius 3 is 2.62 bits per heavy atom. The van der Waals surface area contributed by atoms with Crippen molar-refractivity contribution in [1.29, 1.82) is 0 Å². The van der Waals surface area contributed by atoms with Gasteiger partial charge in [-0.25, -0.2) is 0 Å². The minimum atomic E-state index is 0.771. The molecule has 0 aromatic heterocycles. The van der Waals surface area contributed by atoms with Gasteiger partial charge in [0.25, 0.3) is 0 Å². The summed E-state index contributed by atoms with van der Waals surface area (Å²) in [5.74, 6) is 0. The van der Waals surface area contributed by atoms with Gasteiger partial charge in [0.1, 0.15) is 0 Å². The normalized spacial score (nSPS) is 10.9. The second-order valence-electron chi connectivity index (χ2n) is 4.12. The van der Waals surface area contributed by atoms with Crippen LogP contribution in [-0.2, 0) is 6.54 Å². The number of rotatable bonds is 8. The number of likely N-dealkylation sites (N-methyl/N-ethyl adjacent to an activating group) is 1. The summed E-state index contributed by atoms with van der Waals surface area (Å²) >= 11 is 0. The van der Waals surface area contributed by atoms with E-state index in [1.807, 2.05) is 0 Å². The predicted molar refractivity (Wildman–Crippen MR) is 69.3 cm³/mol. The summed E-state index contributed by atoms with van der Waals surface area (Å²) in [6.45, 7) is 4.91. The summed E-state index contributed by atoms with van der Waals surface area (Å²) in [5.41, 5.74) is 6.79. The fraction of sp³-hybridized carbons (Fsp3) is 0.538. The molecule has 1 rings (SSSR count). The third-order valence-electron chi connectivity index (χ3n) is 2.52. The van der Waals surface area contributed by atoms with E-state index in [-0.39, 0.29) is 0 Å². The molecule has 3 N–H and O–H groups in total. The van der Waals surface area contributed by atoms with Crippen LogP contribution in [0.25, 0.3) is 0 Å². The van der Waals surface area contributed by atoms with Gasteiger partial charge in [-0.05, 0) is 32.1 Å². The zero-order valence-corrected chi connectivity index (χ0v) is 10.2. The third-order valence-corrected chi connectivity index (χ3v) is 2.52. The first-order valence-electron chi connectivity index (χ1n) is 5.96. The molecule has 0 aliphatic carbocycles. The highest BCUT2D eigenvalue weighted by Crippen LogP contribution is 2.01. The largest absolute Gasteiger partial charge is 0.330 e. The summed E-state index contributed by atoms with van der Waals surface area (Å²) < 4.78 is 0. The Morgan fingerprint density at radius 2 is 1.94 bits per heavy atom. The van der Waals surface area contributed by atoms with Gasteiger partial charge in [0.05, 0.1) is 0 Å². The summed E-state index contributed by atoms with van der Waals surface area (Å²) in [4.78, 5) is 2.32. The molecule has 3 heteroatoms. The van der Waals surface area contributed by atoms with E-state index in [1.54, 1.807) is 0 Å². The van der Waals surface area contributed by atoms with Gasteiger partial charge in [-0.15, -0.1) is 0 Å². The number of hydrogen-bond acceptors (Lipinski definition) is 3. The first kappa shape index (κ1) is 13.2. The van der Waals surface area contributed by atoms with Crippen molar-refractivity contribution in [1.82, 2.24) is 10.2 Å². The van der Waals surface area contributed by atoms with E-state index in [1.165, 1.54) is 5.56 Å². The molecule has 0 aliphatic heterocycles. The van der Waals surface area contributed by atoms with Crippen molar-refractivity contribution in [2.24, 2.45) is 5.73 Å². The maximum absolute atomic E-state index is 5.42. The Bertz CT molecular complexity index is 261. The van der Waals surface area contributed by atoms with Crippen LogP contribution in [0.5, 0.6) is 0 Å². The van der Waals surface area contributed by atoms with Gasteiger partial charge >= 0.3 is 0 Å². The zero-order chi connectivity index (χ0) is 11.6. The van der Waals surface area contributed by atoms with Crippen molar-refractivity contribution in [2.75, 3.05) is 33.2 Å². The van der Waals surface area contributed by atoms with Crippen molar-refractivity contribution in [3.05, 3.63) is 35.9 Å². The lowest BCUT2D eigenvalue weighted by Crippen LogP contribution is -2.30. The van der Waals surface area contributed by atoms with Crippen molar-refractivity contribution in [2.45, 2.75) is 13.0 Å². The van der Waals surface area contributed by atoms with Gasteiger partial charge in [-0.3, -0.25) is 0 Å². The third kappa shape index (κ3) is 5.85. The minimum absolute atomic E-state index is 0.771. The second kappa shape index (κ2) is 8.28. The molecule has 0 saturated heterocycles. The fourth-order valence-corrected chi connectivity index (χ4v) is 1.60. The van der Waals surface area contributed by atoms with Gasteiger partial charge in [0, 0.05) is 19.6 Å². The van der Waals surface area contributed by atoms with Crippen molar-refractivity contribution < 1.29 is 0 Å². The quantitative estimate of drug-likeness (QED) is 0.645. The molecule has 0 atom stereocenters. The van der Waals surface area contributed by atoms with Gasteiger partial charge < -0.3 is 16.0 Å². The first-order valence-corrected chi connectivity index (χ1v) is 5.96. The standard InChI is InChI=1S/C13H23N3/c1-16(11-10-15-9-5-8-14)12-13-6-3-2-4-7-13/h2-4,6-7,15H,5,8-12,14H2,1H3. The van der Waals surface area contributed by atoms with Gasteiger partial charge in [0.15, 0.2) is 0 Å². The van der Waals surface area contributed by atoms with Gasteiger partial charge in [-0.2, -0.15) is 0 Å². The molecule has 16 heavy (non-hydrogen) atoms. The minimum Gasteiger partial charge on any atom is -0.330 e. The Morgan fingerprint density at radius 1 is 1.19 bits per heavy atom. The molecule has 0 aliphatic rings. The molecule has 90 valence electrons. The Balaban J connectivity index is 2.09. The molecule has 0 fully saturated rings. The number of nitrogens with zero attached hydrogens (tertiary/aromatic N) is 1. The molecule has 3 nitrogen and oxygen atoms in total. The lowest BCUT2D eigenvalue weighted by atomic mass is 10.2. The lowest BCUT2D eigenvalue weighted by molar-refractivity contribution is 0.324. The highest BCUT2D eigenvalue weighted by molar-refractivity contribution is 5.14. The molecular weight excluding hydrogens is 198 g/mol. The molecule has 1 aromatic rings. The molecule has 0 radical (unpaired) electrons. The molecule has 0 heterocycles. The maximum Gasteiger partial charge on any atom is 0.0231 e. The summed E-state index contributed by atoms with van der Waals surface area (Å²) in [5, 5.41) is 3.38. The lowest BCUT2D eigenvalue weighted by Gasteiger charge is -2.16. The van der Waals surface area contributed by atoms with E-state index in [2.05, 4.69) is 47.6 Å². The van der Waals surface area contributed by atoms with E-state index < -0.39 is 0 Å². The zero-order valence-electron chi connectivity index (χ0n) is 10.2. The van der Waals surface area contributed by atoms with Crippen molar-refractivity contribution >= 4 is 0 Å². The van der Waals surface area contributed by atoms with Crippen LogP contribution in [0.3, 0.4) is 0 Å². The number of nitrogens with one attached hydrogen (secondary N) is 1. The molecule has 0 unspecified atom stereocenters. The SMILES string of the molecule is CN(CCNCCCN)Cc1ccccc1. The summed E-state index contributed by atoms with van der Waals surface area (Å²) in [7, 11) is 2.15. The average Bonchev–Trinajstić information content (AvgIpc) is 2.30. The number of benzene rings is 1. The predicted octanol–water partition coefficient (Wildman–Crippen LogP) is 1.06. The van der Waals surface area contributed by atoms with E-state index in [0.717, 1.165) is 39.1 Å². The number of nitrogens with two attached hydrogens (primary N) is 1. The van der Waals surface area contributed by atoms with Crippen LogP contribution < -0.4 is 11.1 Å².